The number of hydrogen-bond acceptors (Lipinski definition) is 6. The van der Waals surface area contributed by atoms with Crippen molar-refractivity contribution in [1.82, 2.24) is 25.1 Å². The summed E-state index contributed by atoms with van der Waals surface area (Å²) in [6.45, 7) is 3.07. The molecule has 20 heavy (non-hydrogen) atoms. The molecule has 2 aromatic heterocycles. The molecule has 1 N–H and O–H groups in total. The van der Waals surface area contributed by atoms with Crippen molar-refractivity contribution >= 4 is 5.91 Å². The molecule has 0 aliphatic carbocycles. The zero-order valence-electron chi connectivity index (χ0n) is 11.3. The van der Waals surface area contributed by atoms with E-state index in [1.54, 1.807) is 17.0 Å². The first kappa shape index (κ1) is 14.2. The van der Waals surface area contributed by atoms with Crippen LogP contribution >= 0.6 is 0 Å². The van der Waals surface area contributed by atoms with E-state index in [-0.39, 0.29) is 19.1 Å². The van der Waals surface area contributed by atoms with E-state index < -0.39 is 0 Å². The summed E-state index contributed by atoms with van der Waals surface area (Å²) >= 11 is 0. The molecule has 0 fully saturated rings. The van der Waals surface area contributed by atoms with Gasteiger partial charge in [0, 0.05) is 19.7 Å². The van der Waals surface area contributed by atoms with Crippen LogP contribution in [0.5, 0.6) is 0 Å². The van der Waals surface area contributed by atoms with Crippen LogP contribution in [0.3, 0.4) is 0 Å². The molecule has 2 aromatic rings. The molecule has 0 atom stereocenters. The molecule has 0 unspecified atom stereocenters. The van der Waals surface area contributed by atoms with Gasteiger partial charge in [0.15, 0.2) is 5.76 Å². The Balaban J connectivity index is 1.97. The zero-order valence-corrected chi connectivity index (χ0v) is 11.3. The number of carbonyl (C=O) groups excluding carboxylic acids is 1. The van der Waals surface area contributed by atoms with Gasteiger partial charge < -0.3 is 14.4 Å². The molecule has 0 aliphatic rings. The Morgan fingerprint density at radius 1 is 1.55 bits per heavy atom. The Morgan fingerprint density at radius 3 is 3.05 bits per heavy atom. The molecule has 2 rings (SSSR count). The molecule has 108 valence electrons. The molecule has 2 heterocycles. The third kappa shape index (κ3) is 3.41. The van der Waals surface area contributed by atoms with Gasteiger partial charge in [-0.15, -0.1) is 10.2 Å². The molecule has 0 aromatic carbocycles. The zero-order chi connectivity index (χ0) is 14.4. The molecule has 1 amide bonds. The number of aliphatic hydroxyl groups excluding tert-OH is 1. The van der Waals surface area contributed by atoms with Crippen LogP contribution < -0.4 is 0 Å². The molecule has 0 radical (unpaired) electrons. The van der Waals surface area contributed by atoms with E-state index in [4.69, 9.17) is 9.52 Å². The molecule has 0 bridgehead atoms. The quantitative estimate of drug-likeness (QED) is 0.775. The van der Waals surface area contributed by atoms with Gasteiger partial charge in [-0.1, -0.05) is 0 Å². The standard InChI is InChI=1S/C12H17N5O3/c1-2-16(6-4-7-18)11(19)9-17-14-12(13-15-17)10-5-3-8-20-10/h3,5,8,18H,2,4,6-7,9H2,1H3. The minimum atomic E-state index is -0.107. The Labute approximate surface area is 116 Å². The summed E-state index contributed by atoms with van der Waals surface area (Å²) in [4.78, 5) is 14.9. The number of aromatic nitrogens is 4. The number of likely N-dealkylation sites (N-methyl/N-ethyl adjacent to an activating group) is 1. The van der Waals surface area contributed by atoms with Crippen molar-refractivity contribution in [3.63, 3.8) is 0 Å². The highest BCUT2D eigenvalue weighted by molar-refractivity contribution is 5.75. The molecular formula is C12H17N5O3. The average molecular weight is 279 g/mol. The fourth-order valence-electron chi connectivity index (χ4n) is 1.76. The fraction of sp³-hybridized carbons (Fsp3) is 0.500. The summed E-state index contributed by atoms with van der Waals surface area (Å²) in [6, 6.07) is 3.46. The van der Waals surface area contributed by atoms with E-state index in [1.807, 2.05) is 6.92 Å². The average Bonchev–Trinajstić information content (AvgIpc) is 3.09. The SMILES string of the molecule is CCN(CCCO)C(=O)Cn1nnc(-c2ccco2)n1. The number of hydrogen-bond donors (Lipinski definition) is 1. The predicted molar refractivity (Wildman–Crippen MR) is 69.5 cm³/mol. The lowest BCUT2D eigenvalue weighted by molar-refractivity contribution is -0.132. The van der Waals surface area contributed by atoms with E-state index in [2.05, 4.69) is 15.4 Å². The normalized spacial score (nSPS) is 10.7. The van der Waals surface area contributed by atoms with E-state index in [9.17, 15) is 4.79 Å². The second kappa shape index (κ2) is 6.80. The molecule has 0 saturated carbocycles. The van der Waals surface area contributed by atoms with Gasteiger partial charge in [0.2, 0.25) is 11.7 Å². The number of carbonyl (C=O) groups is 1. The first-order valence-electron chi connectivity index (χ1n) is 6.45. The van der Waals surface area contributed by atoms with Crippen molar-refractivity contribution < 1.29 is 14.3 Å². The predicted octanol–water partition coefficient (Wildman–Crippen LogP) is 0.164. The Hall–Kier alpha value is -2.22. The highest BCUT2D eigenvalue weighted by atomic mass is 16.3. The molecule has 0 aliphatic heterocycles. The summed E-state index contributed by atoms with van der Waals surface area (Å²) in [7, 11) is 0. The van der Waals surface area contributed by atoms with Crippen molar-refractivity contribution in [1.29, 1.82) is 0 Å². The van der Waals surface area contributed by atoms with Crippen molar-refractivity contribution in [3.05, 3.63) is 18.4 Å². The molecular weight excluding hydrogens is 262 g/mol. The third-order valence-corrected chi connectivity index (χ3v) is 2.79. The number of rotatable bonds is 7. The summed E-state index contributed by atoms with van der Waals surface area (Å²) in [5.74, 6) is 0.752. The topological polar surface area (TPSA) is 97.3 Å². The Bertz CT molecular complexity index is 537. The van der Waals surface area contributed by atoms with Gasteiger partial charge in [0.25, 0.3) is 0 Å². The second-order valence-corrected chi connectivity index (χ2v) is 4.17. The van der Waals surface area contributed by atoms with Crippen LogP contribution in [0.4, 0.5) is 0 Å². The van der Waals surface area contributed by atoms with Gasteiger partial charge in [-0.2, -0.15) is 4.80 Å². The monoisotopic (exact) mass is 279 g/mol. The fourth-order valence-corrected chi connectivity index (χ4v) is 1.76. The Kier molecular flexibility index (Phi) is 4.83. The van der Waals surface area contributed by atoms with Crippen LogP contribution in [0.1, 0.15) is 13.3 Å². The van der Waals surface area contributed by atoms with Gasteiger partial charge in [-0.25, -0.2) is 0 Å². The third-order valence-electron chi connectivity index (χ3n) is 2.79. The van der Waals surface area contributed by atoms with Crippen LogP contribution in [-0.4, -0.2) is 55.8 Å². The molecule has 8 nitrogen and oxygen atoms in total. The van der Waals surface area contributed by atoms with Gasteiger partial charge in [-0.05, 0) is 30.7 Å². The summed E-state index contributed by atoms with van der Waals surface area (Å²) < 4.78 is 5.16. The minimum absolute atomic E-state index is 0.0208. The minimum Gasteiger partial charge on any atom is -0.461 e. The second-order valence-electron chi connectivity index (χ2n) is 4.17. The number of aliphatic hydroxyl groups is 1. The van der Waals surface area contributed by atoms with Crippen molar-refractivity contribution in [2.45, 2.75) is 19.9 Å². The van der Waals surface area contributed by atoms with Gasteiger partial charge in [0.05, 0.1) is 6.26 Å². The summed E-state index contributed by atoms with van der Waals surface area (Å²) in [5.41, 5.74) is 0. The summed E-state index contributed by atoms with van der Waals surface area (Å²) in [6.07, 6.45) is 2.08. The lowest BCUT2D eigenvalue weighted by atomic mass is 10.3. The van der Waals surface area contributed by atoms with Gasteiger partial charge >= 0.3 is 0 Å². The first-order chi connectivity index (χ1) is 9.74. The lowest BCUT2D eigenvalue weighted by Crippen LogP contribution is -2.35. The van der Waals surface area contributed by atoms with Gasteiger partial charge in [-0.3, -0.25) is 4.79 Å². The van der Waals surface area contributed by atoms with E-state index in [0.29, 0.717) is 31.1 Å². The maximum atomic E-state index is 12.0. The highest BCUT2D eigenvalue weighted by Crippen LogP contribution is 2.12. The molecule has 8 heteroatoms. The van der Waals surface area contributed by atoms with Crippen LogP contribution in [0, 0.1) is 0 Å². The lowest BCUT2D eigenvalue weighted by Gasteiger charge is -2.19. The number of furan rings is 1. The number of nitrogens with zero attached hydrogens (tertiary/aromatic N) is 5. The van der Waals surface area contributed by atoms with E-state index in [1.165, 1.54) is 11.1 Å². The van der Waals surface area contributed by atoms with Crippen molar-refractivity contribution in [2.24, 2.45) is 0 Å². The van der Waals surface area contributed by atoms with Crippen molar-refractivity contribution in [2.75, 3.05) is 19.7 Å². The smallest absolute Gasteiger partial charge is 0.246 e. The maximum absolute atomic E-state index is 12.0. The Morgan fingerprint density at radius 2 is 2.40 bits per heavy atom. The molecule has 0 saturated heterocycles. The number of amides is 1. The van der Waals surface area contributed by atoms with E-state index in [0.717, 1.165) is 0 Å². The highest BCUT2D eigenvalue weighted by Gasteiger charge is 2.15. The number of tetrazole rings is 1. The summed E-state index contributed by atoms with van der Waals surface area (Å²) in [5, 5.41) is 20.6. The van der Waals surface area contributed by atoms with Crippen molar-refractivity contribution in [3.8, 4) is 11.6 Å². The van der Waals surface area contributed by atoms with E-state index >= 15 is 0 Å². The maximum Gasteiger partial charge on any atom is 0.246 e. The van der Waals surface area contributed by atoms with Crippen LogP contribution in [-0.2, 0) is 11.3 Å². The largest absolute Gasteiger partial charge is 0.461 e. The van der Waals surface area contributed by atoms with Crippen LogP contribution in [0.2, 0.25) is 0 Å². The van der Waals surface area contributed by atoms with Crippen LogP contribution in [0.25, 0.3) is 11.6 Å². The first-order valence-corrected chi connectivity index (χ1v) is 6.45. The van der Waals surface area contributed by atoms with Gasteiger partial charge in [0.1, 0.15) is 6.54 Å². The molecule has 0 spiro atoms. The van der Waals surface area contributed by atoms with Crippen LogP contribution in [0.15, 0.2) is 22.8 Å².